The van der Waals surface area contributed by atoms with E-state index in [2.05, 4.69) is 16.0 Å². The average Bonchev–Trinajstić information content (AvgIpc) is 2.70. The lowest BCUT2D eigenvalue weighted by molar-refractivity contribution is -0.664. The Bertz CT molecular complexity index is 759. The Morgan fingerprint density at radius 3 is 2.37 bits per heavy atom. The largest absolute Gasteiger partial charge is 0.346 e. The average molecular weight is 370 g/mol. The third-order valence-corrected chi connectivity index (χ3v) is 4.84. The predicted molar refractivity (Wildman–Crippen MR) is 101 cm³/mol. The standard InChI is InChI=1S/C21H24FN3O2/c22-17-6-8-18(9-7-17)24-21(27)19(14-15-4-2-1-3-5-15)25-20(26)16-10-12-23-13-11-16/h1-9,16,19,23H,10-14H2,(H,24,27)(H,25,26)/p+1/t19-/m0/s1. The minimum Gasteiger partial charge on any atom is -0.346 e. The number of piperidine rings is 1. The van der Waals surface area contributed by atoms with Gasteiger partial charge in [0.05, 0.1) is 13.1 Å². The van der Waals surface area contributed by atoms with Crippen LogP contribution in [0.5, 0.6) is 0 Å². The van der Waals surface area contributed by atoms with Gasteiger partial charge < -0.3 is 16.0 Å². The van der Waals surface area contributed by atoms with Crippen molar-refractivity contribution in [1.82, 2.24) is 5.32 Å². The minimum absolute atomic E-state index is 0.0492. The van der Waals surface area contributed by atoms with Crippen LogP contribution >= 0.6 is 0 Å². The molecule has 0 bridgehead atoms. The summed E-state index contributed by atoms with van der Waals surface area (Å²) in [6.45, 7) is 1.87. The second-order valence-corrected chi connectivity index (χ2v) is 6.89. The van der Waals surface area contributed by atoms with Crippen molar-refractivity contribution in [3.63, 3.8) is 0 Å². The Hall–Kier alpha value is -2.73. The van der Waals surface area contributed by atoms with Gasteiger partial charge >= 0.3 is 0 Å². The lowest BCUT2D eigenvalue weighted by Crippen LogP contribution is -2.86. The molecule has 0 spiro atoms. The van der Waals surface area contributed by atoms with Crippen molar-refractivity contribution >= 4 is 17.5 Å². The first-order valence-electron chi connectivity index (χ1n) is 9.34. The van der Waals surface area contributed by atoms with E-state index in [9.17, 15) is 14.0 Å². The molecular formula is C21H25FN3O2+. The van der Waals surface area contributed by atoms with E-state index >= 15 is 0 Å². The maximum absolute atomic E-state index is 13.1. The molecule has 4 N–H and O–H groups in total. The Kier molecular flexibility index (Phi) is 6.54. The summed E-state index contributed by atoms with van der Waals surface area (Å²) in [6, 6.07) is 14.5. The zero-order chi connectivity index (χ0) is 19.1. The molecule has 0 unspecified atom stereocenters. The van der Waals surface area contributed by atoms with Crippen LogP contribution in [0.2, 0.25) is 0 Å². The van der Waals surface area contributed by atoms with E-state index in [0.29, 0.717) is 12.1 Å². The molecule has 0 aliphatic carbocycles. The molecule has 1 aliphatic heterocycles. The molecule has 3 rings (SSSR count). The van der Waals surface area contributed by atoms with Crippen molar-refractivity contribution in [2.45, 2.75) is 25.3 Å². The molecule has 6 heteroatoms. The lowest BCUT2D eigenvalue weighted by Gasteiger charge is -2.24. The first-order chi connectivity index (χ1) is 13.1. The highest BCUT2D eigenvalue weighted by molar-refractivity contribution is 5.97. The van der Waals surface area contributed by atoms with Crippen molar-refractivity contribution in [3.05, 3.63) is 66.0 Å². The minimum atomic E-state index is -0.684. The van der Waals surface area contributed by atoms with Crippen LogP contribution in [0.15, 0.2) is 54.6 Å². The quantitative estimate of drug-likeness (QED) is 0.720. The number of quaternary nitrogens is 1. The Balaban J connectivity index is 1.70. The Morgan fingerprint density at radius 1 is 1.04 bits per heavy atom. The first kappa shape index (κ1) is 19.0. The van der Waals surface area contributed by atoms with Crippen LogP contribution in [0.4, 0.5) is 10.1 Å². The van der Waals surface area contributed by atoms with Gasteiger partial charge in [-0.05, 0) is 29.8 Å². The SMILES string of the molecule is O=C(N[C@@H](Cc1ccccc1)C(=O)Nc1ccc(F)cc1)C1CC[NH2+]CC1. The van der Waals surface area contributed by atoms with Gasteiger partial charge in [-0.1, -0.05) is 30.3 Å². The molecular weight excluding hydrogens is 345 g/mol. The van der Waals surface area contributed by atoms with Gasteiger partial charge in [-0.2, -0.15) is 0 Å². The van der Waals surface area contributed by atoms with E-state index in [4.69, 9.17) is 0 Å². The van der Waals surface area contributed by atoms with Crippen molar-refractivity contribution in [3.8, 4) is 0 Å². The fourth-order valence-electron chi connectivity index (χ4n) is 3.30. The van der Waals surface area contributed by atoms with Crippen LogP contribution in [0, 0.1) is 11.7 Å². The van der Waals surface area contributed by atoms with Gasteiger partial charge in [-0.25, -0.2) is 4.39 Å². The van der Waals surface area contributed by atoms with Crippen molar-refractivity contribution in [2.75, 3.05) is 18.4 Å². The number of halogens is 1. The number of benzene rings is 2. The summed E-state index contributed by atoms with van der Waals surface area (Å²) in [4.78, 5) is 25.4. The molecule has 1 fully saturated rings. The van der Waals surface area contributed by atoms with Crippen LogP contribution in [0.1, 0.15) is 18.4 Å². The molecule has 1 aliphatic rings. The van der Waals surface area contributed by atoms with E-state index in [1.165, 1.54) is 24.3 Å². The summed E-state index contributed by atoms with van der Waals surface area (Å²) in [5, 5.41) is 7.90. The molecule has 2 aromatic carbocycles. The number of carbonyl (C=O) groups excluding carboxylic acids is 2. The van der Waals surface area contributed by atoms with E-state index in [-0.39, 0.29) is 23.5 Å². The summed E-state index contributed by atoms with van der Waals surface area (Å²) in [5.41, 5.74) is 1.47. The highest BCUT2D eigenvalue weighted by atomic mass is 19.1. The van der Waals surface area contributed by atoms with Crippen molar-refractivity contribution in [2.24, 2.45) is 5.92 Å². The third kappa shape index (κ3) is 5.62. The number of nitrogens with two attached hydrogens (primary N) is 1. The van der Waals surface area contributed by atoms with Gasteiger partial charge in [-0.3, -0.25) is 9.59 Å². The number of nitrogens with one attached hydrogen (secondary N) is 2. The zero-order valence-corrected chi connectivity index (χ0v) is 15.2. The molecule has 27 heavy (non-hydrogen) atoms. The fraction of sp³-hybridized carbons (Fsp3) is 0.333. The van der Waals surface area contributed by atoms with Crippen LogP contribution < -0.4 is 16.0 Å². The highest BCUT2D eigenvalue weighted by Gasteiger charge is 2.28. The highest BCUT2D eigenvalue weighted by Crippen LogP contribution is 2.13. The second kappa shape index (κ2) is 9.28. The van der Waals surface area contributed by atoms with Gasteiger partial charge in [0.25, 0.3) is 0 Å². The van der Waals surface area contributed by atoms with E-state index in [0.717, 1.165) is 31.5 Å². The molecule has 1 saturated heterocycles. The van der Waals surface area contributed by atoms with Crippen molar-refractivity contribution in [1.29, 1.82) is 0 Å². The fourth-order valence-corrected chi connectivity index (χ4v) is 3.30. The molecule has 0 aromatic heterocycles. The Morgan fingerprint density at radius 2 is 1.70 bits per heavy atom. The summed E-state index contributed by atoms with van der Waals surface area (Å²) in [6.07, 6.45) is 2.05. The maximum Gasteiger partial charge on any atom is 0.247 e. The molecule has 1 heterocycles. The normalized spacial score (nSPS) is 15.7. The summed E-state index contributed by atoms with van der Waals surface area (Å²) < 4.78 is 13.1. The van der Waals surface area contributed by atoms with E-state index in [1.807, 2.05) is 30.3 Å². The van der Waals surface area contributed by atoms with Gasteiger partial charge in [0.2, 0.25) is 11.8 Å². The summed E-state index contributed by atoms with van der Waals surface area (Å²) in [5.74, 6) is -0.789. The topological polar surface area (TPSA) is 74.8 Å². The molecule has 5 nitrogen and oxygen atoms in total. The van der Waals surface area contributed by atoms with Crippen LogP contribution in [-0.2, 0) is 16.0 Å². The number of anilines is 1. The second-order valence-electron chi connectivity index (χ2n) is 6.89. The zero-order valence-electron chi connectivity index (χ0n) is 15.2. The number of amides is 2. The molecule has 1 atom stereocenters. The smallest absolute Gasteiger partial charge is 0.247 e. The molecule has 142 valence electrons. The van der Waals surface area contributed by atoms with Crippen LogP contribution in [0.3, 0.4) is 0 Å². The molecule has 0 radical (unpaired) electrons. The first-order valence-corrected chi connectivity index (χ1v) is 9.34. The van der Waals surface area contributed by atoms with Gasteiger partial charge in [-0.15, -0.1) is 0 Å². The lowest BCUT2D eigenvalue weighted by atomic mass is 9.96. The summed E-state index contributed by atoms with van der Waals surface area (Å²) >= 11 is 0. The van der Waals surface area contributed by atoms with Crippen LogP contribution in [-0.4, -0.2) is 30.9 Å². The van der Waals surface area contributed by atoms with E-state index < -0.39 is 6.04 Å². The van der Waals surface area contributed by atoms with E-state index in [1.54, 1.807) is 0 Å². The number of rotatable bonds is 6. The van der Waals surface area contributed by atoms with Gasteiger partial charge in [0.15, 0.2) is 0 Å². The number of hydrogen-bond donors (Lipinski definition) is 3. The molecule has 2 aromatic rings. The Labute approximate surface area is 158 Å². The van der Waals surface area contributed by atoms with Crippen molar-refractivity contribution < 1.29 is 19.3 Å². The maximum atomic E-state index is 13.1. The number of carbonyl (C=O) groups is 2. The molecule has 2 amide bonds. The number of hydrogen-bond acceptors (Lipinski definition) is 2. The predicted octanol–water partition coefficient (Wildman–Crippen LogP) is 1.47. The molecule has 0 saturated carbocycles. The monoisotopic (exact) mass is 370 g/mol. The van der Waals surface area contributed by atoms with Gasteiger partial charge in [0.1, 0.15) is 11.9 Å². The van der Waals surface area contributed by atoms with Gasteiger partial charge in [0, 0.05) is 30.9 Å². The summed E-state index contributed by atoms with van der Waals surface area (Å²) in [7, 11) is 0. The third-order valence-electron chi connectivity index (χ3n) is 4.84. The van der Waals surface area contributed by atoms with Crippen LogP contribution in [0.25, 0.3) is 0 Å².